The maximum atomic E-state index is 12.5. The van der Waals surface area contributed by atoms with Crippen LogP contribution in [0.25, 0.3) is 0 Å². The van der Waals surface area contributed by atoms with Crippen molar-refractivity contribution in [2.45, 2.75) is 37.6 Å². The molecule has 2 unspecified atom stereocenters. The van der Waals surface area contributed by atoms with Gasteiger partial charge in [-0.3, -0.25) is 0 Å². The first-order chi connectivity index (χ1) is 8.90. The Bertz CT molecular complexity index is 453. The van der Waals surface area contributed by atoms with E-state index < -0.39 is 11.7 Å². The van der Waals surface area contributed by atoms with Crippen LogP contribution in [0.15, 0.2) is 12.3 Å². The number of halogens is 4. The predicted octanol–water partition coefficient (Wildman–Crippen LogP) is 3.73. The van der Waals surface area contributed by atoms with E-state index in [9.17, 15) is 13.2 Å². The van der Waals surface area contributed by atoms with Crippen molar-refractivity contribution in [3.63, 3.8) is 0 Å². The highest BCUT2D eigenvalue weighted by molar-refractivity contribution is 6.33. The van der Waals surface area contributed by atoms with Crippen LogP contribution in [-0.2, 0) is 10.9 Å². The molecule has 1 fully saturated rings. The number of nitrogens with one attached hydrogen (secondary N) is 1. The summed E-state index contributed by atoms with van der Waals surface area (Å²) < 4.78 is 42.6. The highest BCUT2D eigenvalue weighted by Crippen LogP contribution is 2.33. The molecule has 1 aliphatic rings. The molecule has 3 nitrogen and oxygen atoms in total. The topological polar surface area (TPSA) is 34.1 Å². The molecule has 0 radical (unpaired) electrons. The summed E-state index contributed by atoms with van der Waals surface area (Å²) in [6, 6.07) is 1.02. The summed E-state index contributed by atoms with van der Waals surface area (Å²) >= 11 is 5.83. The Kier molecular flexibility index (Phi) is 4.20. The molecule has 0 saturated heterocycles. The maximum Gasteiger partial charge on any atom is 0.417 e. The number of ether oxygens (including phenoxy) is 1. The standard InChI is InChI=1S/C12H14ClF3N2O/c1-19-9-3-2-8(5-9)18-11-10(13)4-7(6-17-11)12(14,15)16/h4,6,8-9H,2-3,5H2,1H3,(H,17,18). The first kappa shape index (κ1) is 14.4. The number of nitrogens with zero attached hydrogens (tertiary/aromatic N) is 1. The van der Waals surface area contributed by atoms with Crippen LogP contribution in [0.4, 0.5) is 19.0 Å². The minimum atomic E-state index is -4.43. The van der Waals surface area contributed by atoms with Gasteiger partial charge >= 0.3 is 6.18 Å². The molecule has 106 valence electrons. The molecule has 7 heteroatoms. The van der Waals surface area contributed by atoms with Gasteiger partial charge in [0.2, 0.25) is 0 Å². The van der Waals surface area contributed by atoms with Gasteiger partial charge in [-0.15, -0.1) is 0 Å². The molecule has 1 aliphatic carbocycles. The van der Waals surface area contributed by atoms with Crippen molar-refractivity contribution in [1.82, 2.24) is 4.98 Å². The Labute approximate surface area is 114 Å². The summed E-state index contributed by atoms with van der Waals surface area (Å²) in [6.45, 7) is 0. The average molecular weight is 295 g/mol. The molecule has 19 heavy (non-hydrogen) atoms. The molecule has 0 aromatic carbocycles. The Hall–Kier alpha value is -1.01. The second kappa shape index (κ2) is 5.54. The van der Waals surface area contributed by atoms with E-state index in [1.54, 1.807) is 7.11 Å². The zero-order chi connectivity index (χ0) is 14.0. The third-order valence-corrected chi connectivity index (χ3v) is 3.52. The molecular weight excluding hydrogens is 281 g/mol. The Morgan fingerprint density at radius 2 is 2.16 bits per heavy atom. The van der Waals surface area contributed by atoms with Crippen LogP contribution in [0.1, 0.15) is 24.8 Å². The molecule has 0 aliphatic heterocycles. The third-order valence-electron chi connectivity index (χ3n) is 3.23. The van der Waals surface area contributed by atoms with Crippen LogP contribution < -0.4 is 5.32 Å². The minimum absolute atomic E-state index is 0.0179. The summed E-state index contributed by atoms with van der Waals surface area (Å²) in [6.07, 6.45) is -0.842. The van der Waals surface area contributed by atoms with Crippen LogP contribution in [0.3, 0.4) is 0 Å². The number of alkyl halides is 3. The van der Waals surface area contributed by atoms with Gasteiger partial charge in [0.25, 0.3) is 0 Å². The van der Waals surface area contributed by atoms with E-state index in [0.717, 1.165) is 31.5 Å². The van der Waals surface area contributed by atoms with Crippen LogP contribution in [-0.4, -0.2) is 24.2 Å². The van der Waals surface area contributed by atoms with Crippen molar-refractivity contribution in [2.75, 3.05) is 12.4 Å². The van der Waals surface area contributed by atoms with E-state index in [-0.39, 0.29) is 23.0 Å². The van der Waals surface area contributed by atoms with E-state index in [1.807, 2.05) is 0 Å². The first-order valence-electron chi connectivity index (χ1n) is 5.92. The van der Waals surface area contributed by atoms with Crippen LogP contribution >= 0.6 is 11.6 Å². The van der Waals surface area contributed by atoms with Crippen molar-refractivity contribution < 1.29 is 17.9 Å². The van der Waals surface area contributed by atoms with Crippen molar-refractivity contribution in [3.8, 4) is 0 Å². The van der Waals surface area contributed by atoms with Gasteiger partial charge < -0.3 is 10.1 Å². The normalized spacial score (nSPS) is 23.6. The lowest BCUT2D eigenvalue weighted by Crippen LogP contribution is -2.18. The zero-order valence-corrected chi connectivity index (χ0v) is 11.1. The third kappa shape index (κ3) is 3.51. The van der Waals surface area contributed by atoms with Gasteiger partial charge in [-0.1, -0.05) is 11.6 Å². The molecule has 1 N–H and O–H groups in total. The maximum absolute atomic E-state index is 12.5. The highest BCUT2D eigenvalue weighted by Gasteiger charge is 2.32. The summed E-state index contributed by atoms with van der Waals surface area (Å²) in [5.74, 6) is 0.288. The number of hydrogen-bond donors (Lipinski definition) is 1. The number of hydrogen-bond acceptors (Lipinski definition) is 3. The van der Waals surface area contributed by atoms with Crippen molar-refractivity contribution >= 4 is 17.4 Å². The molecule has 2 atom stereocenters. The lowest BCUT2D eigenvalue weighted by atomic mass is 10.2. The average Bonchev–Trinajstić information content (AvgIpc) is 2.78. The largest absolute Gasteiger partial charge is 0.417 e. The molecule has 0 amide bonds. The van der Waals surface area contributed by atoms with E-state index in [1.165, 1.54) is 0 Å². The van der Waals surface area contributed by atoms with E-state index in [0.29, 0.717) is 0 Å². The fourth-order valence-corrected chi connectivity index (χ4v) is 2.40. The van der Waals surface area contributed by atoms with Crippen molar-refractivity contribution in [2.24, 2.45) is 0 Å². The fraction of sp³-hybridized carbons (Fsp3) is 0.583. The smallest absolute Gasteiger partial charge is 0.381 e. The van der Waals surface area contributed by atoms with Crippen LogP contribution in [0.5, 0.6) is 0 Å². The molecular formula is C12H14ClF3N2O. The van der Waals surface area contributed by atoms with Gasteiger partial charge in [0, 0.05) is 19.3 Å². The number of anilines is 1. The minimum Gasteiger partial charge on any atom is -0.381 e. The lowest BCUT2D eigenvalue weighted by Gasteiger charge is -2.15. The van der Waals surface area contributed by atoms with Crippen LogP contribution in [0.2, 0.25) is 5.02 Å². The van der Waals surface area contributed by atoms with Gasteiger partial charge in [0.15, 0.2) is 0 Å². The summed E-state index contributed by atoms with van der Waals surface area (Å²) in [4.78, 5) is 3.76. The van der Waals surface area contributed by atoms with Gasteiger partial charge in [0.1, 0.15) is 5.82 Å². The molecule has 0 bridgehead atoms. The Balaban J connectivity index is 2.06. The molecule has 1 heterocycles. The molecule has 2 rings (SSSR count). The predicted molar refractivity (Wildman–Crippen MR) is 66.3 cm³/mol. The number of methoxy groups -OCH3 is 1. The number of aromatic nitrogens is 1. The molecule has 1 aromatic heterocycles. The number of pyridine rings is 1. The molecule has 1 aromatic rings. The SMILES string of the molecule is COC1CCC(Nc2ncc(C(F)(F)F)cc2Cl)C1. The Morgan fingerprint density at radius 1 is 1.42 bits per heavy atom. The summed E-state index contributed by atoms with van der Waals surface area (Å²) in [5, 5.41) is 3.04. The zero-order valence-electron chi connectivity index (χ0n) is 10.3. The fourth-order valence-electron chi connectivity index (χ4n) is 2.18. The van der Waals surface area contributed by atoms with Gasteiger partial charge in [0.05, 0.1) is 16.7 Å². The van der Waals surface area contributed by atoms with Gasteiger partial charge in [-0.2, -0.15) is 13.2 Å². The first-order valence-corrected chi connectivity index (χ1v) is 6.30. The quantitative estimate of drug-likeness (QED) is 0.922. The van der Waals surface area contributed by atoms with E-state index >= 15 is 0 Å². The molecule has 0 spiro atoms. The molecule has 1 saturated carbocycles. The van der Waals surface area contributed by atoms with Crippen LogP contribution in [0, 0.1) is 0 Å². The Morgan fingerprint density at radius 3 is 2.68 bits per heavy atom. The lowest BCUT2D eigenvalue weighted by molar-refractivity contribution is -0.137. The van der Waals surface area contributed by atoms with Crippen molar-refractivity contribution in [3.05, 3.63) is 22.8 Å². The van der Waals surface area contributed by atoms with Gasteiger partial charge in [-0.25, -0.2) is 4.98 Å². The van der Waals surface area contributed by atoms with E-state index in [2.05, 4.69) is 10.3 Å². The summed E-state index contributed by atoms with van der Waals surface area (Å²) in [7, 11) is 1.65. The van der Waals surface area contributed by atoms with E-state index in [4.69, 9.17) is 16.3 Å². The second-order valence-corrected chi connectivity index (χ2v) is 4.97. The van der Waals surface area contributed by atoms with Crippen molar-refractivity contribution in [1.29, 1.82) is 0 Å². The van der Waals surface area contributed by atoms with Gasteiger partial charge in [-0.05, 0) is 25.3 Å². The summed E-state index contributed by atoms with van der Waals surface area (Å²) in [5.41, 5.74) is -0.843. The highest BCUT2D eigenvalue weighted by atomic mass is 35.5. The second-order valence-electron chi connectivity index (χ2n) is 4.56. The number of rotatable bonds is 3. The monoisotopic (exact) mass is 294 g/mol.